The fourth-order valence-electron chi connectivity index (χ4n) is 1.73. The van der Waals surface area contributed by atoms with Gasteiger partial charge in [-0.1, -0.05) is 0 Å². The van der Waals surface area contributed by atoms with E-state index in [0.717, 1.165) is 6.07 Å². The number of halogens is 3. The van der Waals surface area contributed by atoms with Gasteiger partial charge in [-0.3, -0.25) is 19.9 Å². The largest absolute Gasteiger partial charge is 0.422 e. The van der Waals surface area contributed by atoms with Crippen molar-refractivity contribution >= 4 is 11.5 Å². The SMILES string of the molecule is O=C(c1cccnc1)c1ccc(C(F)(F)F)c([N+](=O)[O-])c1. The zero-order valence-electron chi connectivity index (χ0n) is 10.3. The molecule has 0 radical (unpaired) electrons. The van der Waals surface area contributed by atoms with Gasteiger partial charge in [0.1, 0.15) is 5.56 Å². The number of hydrogen-bond acceptors (Lipinski definition) is 4. The fraction of sp³-hybridized carbons (Fsp3) is 0.0769. The summed E-state index contributed by atoms with van der Waals surface area (Å²) in [7, 11) is 0. The van der Waals surface area contributed by atoms with E-state index in [-0.39, 0.29) is 11.1 Å². The Hall–Kier alpha value is -2.77. The Bertz CT molecular complexity index is 700. The number of pyridine rings is 1. The monoisotopic (exact) mass is 296 g/mol. The molecule has 2 aromatic rings. The maximum absolute atomic E-state index is 12.7. The molecule has 0 saturated carbocycles. The molecule has 0 bridgehead atoms. The Morgan fingerprint density at radius 2 is 1.90 bits per heavy atom. The Morgan fingerprint density at radius 3 is 2.43 bits per heavy atom. The minimum absolute atomic E-state index is 0.131. The molecular formula is C13H7F3N2O3. The van der Waals surface area contributed by atoms with Crippen LogP contribution < -0.4 is 0 Å². The predicted molar refractivity (Wildman–Crippen MR) is 65.8 cm³/mol. The van der Waals surface area contributed by atoms with Crippen molar-refractivity contribution in [1.82, 2.24) is 4.98 Å². The number of alkyl halides is 3. The summed E-state index contributed by atoms with van der Waals surface area (Å²) < 4.78 is 38.0. The summed E-state index contributed by atoms with van der Waals surface area (Å²) in [6, 6.07) is 4.95. The smallest absolute Gasteiger partial charge is 0.289 e. The van der Waals surface area contributed by atoms with E-state index in [9.17, 15) is 28.1 Å². The second-order valence-electron chi connectivity index (χ2n) is 4.06. The zero-order chi connectivity index (χ0) is 15.6. The minimum atomic E-state index is -4.86. The van der Waals surface area contributed by atoms with Crippen molar-refractivity contribution in [2.24, 2.45) is 0 Å². The summed E-state index contributed by atoms with van der Waals surface area (Å²) in [6.45, 7) is 0. The first-order valence-corrected chi connectivity index (χ1v) is 5.61. The summed E-state index contributed by atoms with van der Waals surface area (Å²) >= 11 is 0. The molecule has 0 aliphatic heterocycles. The Kier molecular flexibility index (Phi) is 3.70. The van der Waals surface area contributed by atoms with Crippen LogP contribution >= 0.6 is 0 Å². The fourth-order valence-corrected chi connectivity index (χ4v) is 1.73. The molecule has 0 unspecified atom stereocenters. The highest BCUT2D eigenvalue weighted by Crippen LogP contribution is 2.36. The number of nitrogens with zero attached hydrogens (tertiary/aromatic N) is 2. The molecule has 108 valence electrons. The summed E-state index contributed by atoms with van der Waals surface area (Å²) in [5, 5.41) is 10.8. The minimum Gasteiger partial charge on any atom is -0.289 e. The second-order valence-corrected chi connectivity index (χ2v) is 4.06. The first-order valence-electron chi connectivity index (χ1n) is 5.61. The zero-order valence-corrected chi connectivity index (χ0v) is 10.3. The van der Waals surface area contributed by atoms with E-state index >= 15 is 0 Å². The molecule has 0 amide bonds. The number of carbonyl (C=O) groups excluding carboxylic acids is 1. The number of nitro groups is 1. The Morgan fingerprint density at radius 1 is 1.19 bits per heavy atom. The van der Waals surface area contributed by atoms with Crippen LogP contribution in [-0.2, 0) is 6.18 Å². The highest BCUT2D eigenvalue weighted by atomic mass is 19.4. The van der Waals surface area contributed by atoms with Gasteiger partial charge in [-0.15, -0.1) is 0 Å². The van der Waals surface area contributed by atoms with Gasteiger partial charge in [0.05, 0.1) is 4.92 Å². The molecule has 8 heteroatoms. The molecule has 0 aliphatic rings. The van der Waals surface area contributed by atoms with Crippen LogP contribution in [0.15, 0.2) is 42.7 Å². The lowest BCUT2D eigenvalue weighted by molar-refractivity contribution is -0.388. The van der Waals surface area contributed by atoms with E-state index in [2.05, 4.69) is 4.98 Å². The van der Waals surface area contributed by atoms with Gasteiger partial charge < -0.3 is 0 Å². The molecule has 0 fully saturated rings. The first-order chi connectivity index (χ1) is 9.80. The van der Waals surface area contributed by atoms with Gasteiger partial charge in [-0.2, -0.15) is 13.2 Å². The van der Waals surface area contributed by atoms with Gasteiger partial charge >= 0.3 is 6.18 Å². The van der Waals surface area contributed by atoms with Crippen LogP contribution in [0.1, 0.15) is 21.5 Å². The van der Waals surface area contributed by atoms with Crippen molar-refractivity contribution < 1.29 is 22.9 Å². The number of ketones is 1. The maximum Gasteiger partial charge on any atom is 0.422 e. The van der Waals surface area contributed by atoms with Crippen LogP contribution in [0.25, 0.3) is 0 Å². The third kappa shape index (κ3) is 3.04. The van der Waals surface area contributed by atoms with Crippen molar-refractivity contribution in [2.45, 2.75) is 6.18 Å². The lowest BCUT2D eigenvalue weighted by Gasteiger charge is -2.08. The number of aromatic nitrogens is 1. The van der Waals surface area contributed by atoms with Crippen molar-refractivity contribution in [2.75, 3.05) is 0 Å². The van der Waals surface area contributed by atoms with Crippen molar-refractivity contribution in [3.8, 4) is 0 Å². The second kappa shape index (κ2) is 5.31. The van der Waals surface area contributed by atoms with Crippen LogP contribution in [0.3, 0.4) is 0 Å². The van der Waals surface area contributed by atoms with Gasteiger partial charge in [0.25, 0.3) is 5.69 Å². The van der Waals surface area contributed by atoms with Gasteiger partial charge in [-0.25, -0.2) is 0 Å². The van der Waals surface area contributed by atoms with E-state index in [1.54, 1.807) is 0 Å². The van der Waals surface area contributed by atoms with Crippen LogP contribution in [0.2, 0.25) is 0 Å². The van der Waals surface area contributed by atoms with Crippen molar-refractivity contribution in [3.63, 3.8) is 0 Å². The van der Waals surface area contributed by atoms with Crippen LogP contribution in [0.5, 0.6) is 0 Å². The predicted octanol–water partition coefficient (Wildman–Crippen LogP) is 3.24. The molecular weight excluding hydrogens is 289 g/mol. The third-order valence-corrected chi connectivity index (χ3v) is 2.69. The molecule has 0 spiro atoms. The number of benzene rings is 1. The number of carbonyl (C=O) groups is 1. The van der Waals surface area contributed by atoms with E-state index in [1.165, 1.54) is 24.5 Å². The van der Waals surface area contributed by atoms with Gasteiger partial charge in [-0.05, 0) is 24.3 Å². The topological polar surface area (TPSA) is 73.1 Å². The Labute approximate surface area is 116 Å². The molecule has 5 nitrogen and oxygen atoms in total. The first kappa shape index (κ1) is 14.6. The summed E-state index contributed by atoms with van der Waals surface area (Å²) in [5.41, 5.74) is -2.62. The molecule has 0 atom stereocenters. The quantitative estimate of drug-likeness (QED) is 0.495. The Balaban J connectivity index is 2.51. The average Bonchev–Trinajstić information content (AvgIpc) is 2.45. The van der Waals surface area contributed by atoms with E-state index < -0.39 is 28.1 Å². The molecule has 1 aromatic carbocycles. The van der Waals surface area contributed by atoms with E-state index in [4.69, 9.17) is 0 Å². The molecule has 1 aromatic heterocycles. The molecule has 2 rings (SSSR count). The highest BCUT2D eigenvalue weighted by Gasteiger charge is 2.38. The van der Waals surface area contributed by atoms with Crippen molar-refractivity contribution in [3.05, 3.63) is 69.5 Å². The molecule has 0 aliphatic carbocycles. The van der Waals surface area contributed by atoms with Crippen LogP contribution in [-0.4, -0.2) is 15.7 Å². The molecule has 21 heavy (non-hydrogen) atoms. The average molecular weight is 296 g/mol. The molecule has 0 saturated heterocycles. The van der Waals surface area contributed by atoms with Gasteiger partial charge in [0.2, 0.25) is 0 Å². The normalized spacial score (nSPS) is 11.2. The molecule has 0 N–H and O–H groups in total. The lowest BCUT2D eigenvalue weighted by atomic mass is 10.0. The third-order valence-electron chi connectivity index (χ3n) is 2.69. The number of nitro benzene ring substituents is 1. The maximum atomic E-state index is 12.7. The van der Waals surface area contributed by atoms with Crippen LogP contribution in [0.4, 0.5) is 18.9 Å². The lowest BCUT2D eigenvalue weighted by Crippen LogP contribution is -2.11. The number of rotatable bonds is 3. The summed E-state index contributed by atoms with van der Waals surface area (Å²) in [6.07, 6.45) is -2.21. The molecule has 1 heterocycles. The highest BCUT2D eigenvalue weighted by molar-refractivity contribution is 6.09. The van der Waals surface area contributed by atoms with E-state index in [0.29, 0.717) is 12.1 Å². The van der Waals surface area contributed by atoms with Crippen LogP contribution in [0, 0.1) is 10.1 Å². The van der Waals surface area contributed by atoms with Gasteiger partial charge in [0, 0.05) is 29.6 Å². The van der Waals surface area contributed by atoms with Gasteiger partial charge in [0.15, 0.2) is 5.78 Å². The summed E-state index contributed by atoms with van der Waals surface area (Å²) in [5.74, 6) is -0.639. The summed E-state index contributed by atoms with van der Waals surface area (Å²) in [4.78, 5) is 25.3. The number of hydrogen-bond donors (Lipinski definition) is 0. The van der Waals surface area contributed by atoms with E-state index in [1.807, 2.05) is 0 Å². The van der Waals surface area contributed by atoms with Crippen molar-refractivity contribution in [1.29, 1.82) is 0 Å². The standard InChI is InChI=1S/C13H7F3N2O3/c14-13(15,16)10-4-3-8(6-11(10)18(20)21)12(19)9-2-1-5-17-7-9/h1-7H.